The fraction of sp³-hybridized carbons (Fsp3) is 0.263. The van der Waals surface area contributed by atoms with Gasteiger partial charge in [0.05, 0.1) is 0 Å². The molecule has 0 unspecified atom stereocenters. The average Bonchev–Trinajstić information content (AvgIpc) is 2.60. The second-order valence-electron chi connectivity index (χ2n) is 6.22. The molecule has 1 aliphatic rings. The Labute approximate surface area is 156 Å². The van der Waals surface area contributed by atoms with Crippen molar-refractivity contribution in [1.82, 2.24) is 9.99 Å². The summed E-state index contributed by atoms with van der Waals surface area (Å²) in [6.45, 7) is 1.97. The van der Waals surface area contributed by atoms with E-state index in [-0.39, 0.29) is 18.2 Å². The van der Waals surface area contributed by atoms with Crippen LogP contribution in [0.1, 0.15) is 29.5 Å². The molecule has 3 rings (SSSR count). The molecule has 6 nitrogen and oxygen atoms in total. The van der Waals surface area contributed by atoms with E-state index in [2.05, 4.69) is 15.4 Å². The molecule has 1 aromatic carbocycles. The van der Waals surface area contributed by atoms with Gasteiger partial charge in [0.15, 0.2) is 0 Å². The lowest BCUT2D eigenvalue weighted by Gasteiger charge is -2.18. The lowest BCUT2D eigenvalue weighted by atomic mass is 10.0. The number of amides is 2. The van der Waals surface area contributed by atoms with Crippen LogP contribution in [0.3, 0.4) is 0 Å². The molecule has 2 heterocycles. The van der Waals surface area contributed by atoms with E-state index in [0.717, 1.165) is 16.7 Å². The molecule has 2 amide bonds. The van der Waals surface area contributed by atoms with Gasteiger partial charge >= 0.3 is 0 Å². The first-order chi connectivity index (χ1) is 12.4. The smallest absolute Gasteiger partial charge is 0.273 e. The quantitative estimate of drug-likeness (QED) is 0.898. The number of halogens is 1. The number of carbonyl (C=O) groups is 2. The zero-order valence-electron chi connectivity index (χ0n) is 14.6. The lowest BCUT2D eigenvalue weighted by molar-refractivity contribution is -0.130. The van der Waals surface area contributed by atoms with Gasteiger partial charge in [0.2, 0.25) is 5.91 Å². The van der Waals surface area contributed by atoms with E-state index in [4.69, 9.17) is 11.6 Å². The summed E-state index contributed by atoms with van der Waals surface area (Å²) >= 11 is 6.03. The number of hydrogen-bond donors (Lipinski definition) is 1. The Kier molecular flexibility index (Phi) is 5.32. The molecule has 0 atom stereocenters. The Morgan fingerprint density at radius 2 is 2.12 bits per heavy atom. The third-order valence-corrected chi connectivity index (χ3v) is 4.45. The second kappa shape index (κ2) is 7.66. The minimum Gasteiger partial charge on any atom is -0.305 e. The van der Waals surface area contributed by atoms with Gasteiger partial charge in [-0.2, -0.15) is 5.10 Å². The fourth-order valence-corrected chi connectivity index (χ4v) is 2.94. The topological polar surface area (TPSA) is 74.7 Å². The van der Waals surface area contributed by atoms with E-state index < -0.39 is 0 Å². The summed E-state index contributed by atoms with van der Waals surface area (Å²) in [5, 5.41) is 8.66. The van der Waals surface area contributed by atoms with Gasteiger partial charge in [-0.1, -0.05) is 23.7 Å². The van der Waals surface area contributed by atoms with Gasteiger partial charge in [-0.05, 0) is 48.2 Å². The highest BCUT2D eigenvalue weighted by atomic mass is 35.5. The van der Waals surface area contributed by atoms with Gasteiger partial charge in [-0.25, -0.2) is 9.99 Å². The molecule has 7 heteroatoms. The molecular formula is C19H19ClN4O2. The molecule has 1 aliphatic heterocycles. The predicted octanol–water partition coefficient (Wildman–Crippen LogP) is 3.18. The van der Waals surface area contributed by atoms with Crippen molar-refractivity contribution in [3.8, 4) is 0 Å². The number of nitrogens with one attached hydrogen (secondary N) is 1. The SMILES string of the molecule is Cc1cc(NC(=O)C2=NN(C)C(=O)CC2)ncc1Cc1cccc(Cl)c1. The van der Waals surface area contributed by atoms with Crippen LogP contribution in [0.2, 0.25) is 5.02 Å². The second-order valence-corrected chi connectivity index (χ2v) is 6.66. The molecule has 0 fully saturated rings. The number of benzene rings is 1. The molecule has 134 valence electrons. The van der Waals surface area contributed by atoms with E-state index in [1.165, 1.54) is 5.01 Å². The Hall–Kier alpha value is -2.73. The zero-order valence-corrected chi connectivity index (χ0v) is 15.4. The number of carbonyl (C=O) groups excluding carboxylic acids is 2. The first-order valence-electron chi connectivity index (χ1n) is 8.28. The van der Waals surface area contributed by atoms with Crippen LogP contribution in [0.4, 0.5) is 5.82 Å². The maximum Gasteiger partial charge on any atom is 0.273 e. The first kappa shape index (κ1) is 18.1. The van der Waals surface area contributed by atoms with Crippen molar-refractivity contribution < 1.29 is 9.59 Å². The van der Waals surface area contributed by atoms with Crippen molar-refractivity contribution in [3.05, 3.63) is 58.2 Å². The van der Waals surface area contributed by atoms with Gasteiger partial charge in [-0.3, -0.25) is 9.59 Å². The maximum atomic E-state index is 12.3. The van der Waals surface area contributed by atoms with Crippen LogP contribution in [0, 0.1) is 6.92 Å². The molecule has 26 heavy (non-hydrogen) atoms. The number of rotatable bonds is 4. The highest BCUT2D eigenvalue weighted by molar-refractivity contribution is 6.43. The van der Waals surface area contributed by atoms with Crippen molar-refractivity contribution in [1.29, 1.82) is 0 Å². The molecule has 0 spiro atoms. The Balaban J connectivity index is 1.70. The van der Waals surface area contributed by atoms with Crippen LogP contribution < -0.4 is 5.32 Å². The van der Waals surface area contributed by atoms with E-state index >= 15 is 0 Å². The van der Waals surface area contributed by atoms with Crippen molar-refractivity contribution in [3.63, 3.8) is 0 Å². The first-order valence-corrected chi connectivity index (χ1v) is 8.65. The van der Waals surface area contributed by atoms with Gasteiger partial charge in [0.25, 0.3) is 5.91 Å². The third-order valence-electron chi connectivity index (χ3n) is 4.21. The van der Waals surface area contributed by atoms with Crippen LogP contribution in [-0.2, 0) is 16.0 Å². The van der Waals surface area contributed by atoms with E-state index in [0.29, 0.717) is 29.4 Å². The lowest BCUT2D eigenvalue weighted by Crippen LogP contribution is -2.34. The fourth-order valence-electron chi connectivity index (χ4n) is 2.73. The van der Waals surface area contributed by atoms with Crippen LogP contribution in [0.25, 0.3) is 0 Å². The summed E-state index contributed by atoms with van der Waals surface area (Å²) < 4.78 is 0. The molecule has 0 saturated carbocycles. The van der Waals surface area contributed by atoms with Gasteiger partial charge in [0.1, 0.15) is 11.5 Å². The minimum atomic E-state index is -0.334. The predicted molar refractivity (Wildman–Crippen MR) is 101 cm³/mol. The van der Waals surface area contributed by atoms with Crippen LogP contribution in [-0.4, -0.2) is 34.6 Å². The minimum absolute atomic E-state index is 0.0964. The molecule has 1 N–H and O–H groups in total. The number of anilines is 1. The molecular weight excluding hydrogens is 352 g/mol. The average molecular weight is 371 g/mol. The van der Waals surface area contributed by atoms with Gasteiger partial charge < -0.3 is 5.32 Å². The number of hydrazone groups is 1. The molecule has 0 bridgehead atoms. The van der Waals surface area contributed by atoms with E-state index in [9.17, 15) is 9.59 Å². The van der Waals surface area contributed by atoms with Gasteiger partial charge in [-0.15, -0.1) is 0 Å². The number of aryl methyl sites for hydroxylation is 1. The Bertz CT molecular complexity index is 895. The van der Waals surface area contributed by atoms with Crippen molar-refractivity contribution in [2.24, 2.45) is 5.10 Å². The number of hydrogen-bond acceptors (Lipinski definition) is 4. The summed E-state index contributed by atoms with van der Waals surface area (Å²) in [5.74, 6) is 0.0318. The summed E-state index contributed by atoms with van der Waals surface area (Å²) in [4.78, 5) is 28.1. The molecule has 0 saturated heterocycles. The highest BCUT2D eigenvalue weighted by Crippen LogP contribution is 2.19. The molecule has 0 radical (unpaired) electrons. The number of nitrogens with zero attached hydrogens (tertiary/aromatic N) is 3. The summed E-state index contributed by atoms with van der Waals surface area (Å²) in [6.07, 6.45) is 3.09. The third kappa shape index (κ3) is 4.26. The summed E-state index contributed by atoms with van der Waals surface area (Å²) in [6, 6.07) is 9.53. The maximum absolute atomic E-state index is 12.3. The Morgan fingerprint density at radius 3 is 2.81 bits per heavy atom. The molecule has 0 aliphatic carbocycles. The monoisotopic (exact) mass is 370 g/mol. The number of pyridine rings is 1. The van der Waals surface area contributed by atoms with Crippen molar-refractivity contribution in [2.75, 3.05) is 12.4 Å². The van der Waals surface area contributed by atoms with E-state index in [1.807, 2.05) is 37.3 Å². The van der Waals surface area contributed by atoms with Crippen molar-refractivity contribution >= 4 is 34.9 Å². The normalized spacial score (nSPS) is 14.2. The van der Waals surface area contributed by atoms with Crippen LogP contribution in [0.5, 0.6) is 0 Å². The molecule has 1 aromatic heterocycles. The standard InChI is InChI=1S/C19H19ClN4O2/c1-12-8-17(22-19(26)16-6-7-18(25)24(2)23-16)21-11-14(12)9-13-4-3-5-15(20)10-13/h3-5,8,10-11H,6-7,9H2,1-2H3,(H,21,22,26). The molecule has 2 aromatic rings. The van der Waals surface area contributed by atoms with Crippen molar-refractivity contribution in [2.45, 2.75) is 26.2 Å². The summed E-state index contributed by atoms with van der Waals surface area (Å²) in [7, 11) is 1.54. The van der Waals surface area contributed by atoms with Gasteiger partial charge in [0, 0.05) is 31.1 Å². The largest absolute Gasteiger partial charge is 0.305 e. The number of aromatic nitrogens is 1. The summed E-state index contributed by atoms with van der Waals surface area (Å²) in [5.41, 5.74) is 3.51. The van der Waals surface area contributed by atoms with E-state index in [1.54, 1.807) is 13.2 Å². The van der Waals surface area contributed by atoms with Crippen LogP contribution >= 0.6 is 11.6 Å². The zero-order chi connectivity index (χ0) is 18.7. The van der Waals surface area contributed by atoms with Crippen LogP contribution in [0.15, 0.2) is 41.6 Å². The highest BCUT2D eigenvalue weighted by Gasteiger charge is 2.22. The Morgan fingerprint density at radius 1 is 1.31 bits per heavy atom.